The lowest BCUT2D eigenvalue weighted by molar-refractivity contribution is -0.141. The first-order chi connectivity index (χ1) is 14.4. The summed E-state index contributed by atoms with van der Waals surface area (Å²) >= 11 is 1.55. The van der Waals surface area contributed by atoms with E-state index in [1.54, 1.807) is 16.7 Å². The van der Waals surface area contributed by atoms with Crippen LogP contribution in [0.5, 0.6) is 5.75 Å². The van der Waals surface area contributed by atoms with Gasteiger partial charge in [0.15, 0.2) is 5.17 Å². The Kier molecular flexibility index (Phi) is 7.58. The molecule has 30 heavy (non-hydrogen) atoms. The minimum Gasteiger partial charge on any atom is -0.494 e. The number of esters is 1. The van der Waals surface area contributed by atoms with Crippen LogP contribution in [0, 0.1) is 5.92 Å². The van der Waals surface area contributed by atoms with Crippen LogP contribution in [0.1, 0.15) is 58.6 Å². The number of carbonyl (C=O) groups excluding carboxylic acids is 2. The highest BCUT2D eigenvalue weighted by molar-refractivity contribution is 8.14. The lowest BCUT2D eigenvalue weighted by Crippen LogP contribution is -2.45. The summed E-state index contributed by atoms with van der Waals surface area (Å²) in [6, 6.07) is 7.09. The number of amides is 1. The maximum atomic E-state index is 13.0. The predicted molar refractivity (Wildman–Crippen MR) is 119 cm³/mol. The van der Waals surface area contributed by atoms with Crippen molar-refractivity contribution >= 4 is 28.8 Å². The highest BCUT2D eigenvalue weighted by Gasteiger charge is 2.41. The van der Waals surface area contributed by atoms with Gasteiger partial charge in [0.1, 0.15) is 5.75 Å². The standard InChI is InChI=1S/C23H30N2O4S/c1-5-6-12-28-18-9-7-17(8-10-18)21-20(22(27)29-14-15(2)3)16(4)24-23-25(21)19(26)11-13-30-23/h7-10,15,21H,5-6,11-14H2,1-4H3/t21-/m1/s1. The first kappa shape index (κ1) is 22.4. The van der Waals surface area contributed by atoms with Gasteiger partial charge >= 0.3 is 5.97 Å². The van der Waals surface area contributed by atoms with Gasteiger partial charge in [0, 0.05) is 12.2 Å². The molecule has 0 aliphatic carbocycles. The average molecular weight is 431 g/mol. The predicted octanol–water partition coefficient (Wildman–Crippen LogP) is 4.71. The smallest absolute Gasteiger partial charge is 0.338 e. The van der Waals surface area contributed by atoms with Gasteiger partial charge < -0.3 is 9.47 Å². The number of allylic oxidation sites excluding steroid dienone is 1. The number of thioether (sulfide) groups is 1. The van der Waals surface area contributed by atoms with Crippen LogP contribution < -0.4 is 4.74 Å². The Hall–Kier alpha value is -2.28. The van der Waals surface area contributed by atoms with E-state index >= 15 is 0 Å². The van der Waals surface area contributed by atoms with Crippen LogP contribution in [-0.4, -0.2) is 40.9 Å². The Bertz CT molecular complexity index is 845. The number of amidine groups is 1. The Morgan fingerprint density at radius 2 is 2.03 bits per heavy atom. The van der Waals surface area contributed by atoms with Crippen molar-refractivity contribution in [1.82, 2.24) is 4.90 Å². The molecule has 162 valence electrons. The molecular weight excluding hydrogens is 400 g/mol. The molecule has 1 fully saturated rings. The van der Waals surface area contributed by atoms with Crippen molar-refractivity contribution in [3.05, 3.63) is 41.1 Å². The number of benzene rings is 1. The third kappa shape index (κ3) is 5.06. The summed E-state index contributed by atoms with van der Waals surface area (Å²) in [5.41, 5.74) is 1.87. The fourth-order valence-corrected chi connectivity index (χ4v) is 4.38. The molecule has 7 heteroatoms. The lowest BCUT2D eigenvalue weighted by Gasteiger charge is -2.39. The van der Waals surface area contributed by atoms with E-state index < -0.39 is 12.0 Å². The summed E-state index contributed by atoms with van der Waals surface area (Å²) in [7, 11) is 0. The minimum atomic E-state index is -0.540. The van der Waals surface area contributed by atoms with Crippen LogP contribution in [-0.2, 0) is 14.3 Å². The van der Waals surface area contributed by atoms with E-state index in [1.165, 1.54) is 0 Å². The molecule has 0 radical (unpaired) electrons. The van der Waals surface area contributed by atoms with Gasteiger partial charge in [-0.25, -0.2) is 9.79 Å². The molecule has 3 rings (SSSR count). The van der Waals surface area contributed by atoms with E-state index in [9.17, 15) is 9.59 Å². The van der Waals surface area contributed by atoms with E-state index in [2.05, 4.69) is 11.9 Å². The number of rotatable bonds is 8. The van der Waals surface area contributed by atoms with Crippen LogP contribution in [0.4, 0.5) is 0 Å². The molecule has 1 aromatic rings. The van der Waals surface area contributed by atoms with Gasteiger partial charge in [0.25, 0.3) is 0 Å². The first-order valence-corrected chi connectivity index (χ1v) is 11.5. The second-order valence-electron chi connectivity index (χ2n) is 7.92. The molecule has 1 atom stereocenters. The molecule has 0 bridgehead atoms. The van der Waals surface area contributed by atoms with Gasteiger partial charge in [-0.05, 0) is 37.0 Å². The van der Waals surface area contributed by atoms with Crippen molar-refractivity contribution in [2.45, 2.75) is 53.0 Å². The summed E-state index contributed by atoms with van der Waals surface area (Å²) in [5, 5.41) is 0.650. The number of nitrogens with zero attached hydrogens (tertiary/aromatic N) is 2. The van der Waals surface area contributed by atoms with Crippen molar-refractivity contribution in [2.24, 2.45) is 10.9 Å². The minimum absolute atomic E-state index is 0.0255. The van der Waals surface area contributed by atoms with Gasteiger partial charge in [-0.3, -0.25) is 9.69 Å². The van der Waals surface area contributed by atoms with Gasteiger partial charge in [-0.1, -0.05) is 51.1 Å². The van der Waals surface area contributed by atoms with Crippen molar-refractivity contribution in [3.8, 4) is 5.75 Å². The summed E-state index contributed by atoms with van der Waals surface area (Å²) in [4.78, 5) is 32.0. The Labute approximate surface area is 182 Å². The quantitative estimate of drug-likeness (QED) is 0.441. The second-order valence-corrected chi connectivity index (χ2v) is 8.98. The van der Waals surface area contributed by atoms with Gasteiger partial charge in [0.05, 0.1) is 30.5 Å². The second kappa shape index (κ2) is 10.2. The van der Waals surface area contributed by atoms with Crippen LogP contribution in [0.3, 0.4) is 0 Å². The summed E-state index contributed by atoms with van der Waals surface area (Å²) in [5.74, 6) is 1.26. The third-order valence-corrected chi connectivity index (χ3v) is 5.89. The highest BCUT2D eigenvalue weighted by Crippen LogP contribution is 2.40. The van der Waals surface area contributed by atoms with Gasteiger partial charge in [-0.2, -0.15) is 0 Å². The van der Waals surface area contributed by atoms with Gasteiger partial charge in [-0.15, -0.1) is 0 Å². The molecule has 0 unspecified atom stereocenters. The van der Waals surface area contributed by atoms with Gasteiger partial charge in [0.2, 0.25) is 5.91 Å². The molecule has 0 spiro atoms. The Morgan fingerprint density at radius 1 is 1.30 bits per heavy atom. The van der Waals surface area contributed by atoms with E-state index in [1.807, 2.05) is 45.0 Å². The van der Waals surface area contributed by atoms with Crippen LogP contribution in [0.15, 0.2) is 40.5 Å². The van der Waals surface area contributed by atoms with E-state index in [0.717, 1.165) is 24.2 Å². The molecule has 0 aromatic heterocycles. The van der Waals surface area contributed by atoms with E-state index in [0.29, 0.717) is 41.8 Å². The Morgan fingerprint density at radius 3 is 2.70 bits per heavy atom. The zero-order valence-corrected chi connectivity index (χ0v) is 19.0. The number of aliphatic imine (C=N–C) groups is 1. The molecule has 2 heterocycles. The third-order valence-electron chi connectivity index (χ3n) is 4.94. The Balaban J connectivity index is 1.95. The van der Waals surface area contributed by atoms with Crippen molar-refractivity contribution in [2.75, 3.05) is 19.0 Å². The molecule has 6 nitrogen and oxygen atoms in total. The molecule has 1 aromatic carbocycles. The highest BCUT2D eigenvalue weighted by atomic mass is 32.2. The number of fused-ring (bicyclic) bond motifs is 1. The molecular formula is C23H30N2O4S. The maximum absolute atomic E-state index is 13.0. The topological polar surface area (TPSA) is 68.2 Å². The van der Waals surface area contributed by atoms with Crippen molar-refractivity contribution in [3.63, 3.8) is 0 Å². The fourth-order valence-electron chi connectivity index (χ4n) is 3.37. The van der Waals surface area contributed by atoms with Crippen LogP contribution in [0.2, 0.25) is 0 Å². The van der Waals surface area contributed by atoms with Crippen molar-refractivity contribution in [1.29, 1.82) is 0 Å². The first-order valence-electron chi connectivity index (χ1n) is 10.6. The molecule has 2 aliphatic rings. The monoisotopic (exact) mass is 430 g/mol. The number of unbranched alkanes of at least 4 members (excludes halogenated alkanes) is 1. The SMILES string of the molecule is CCCCOc1ccc([C@@H]2C(C(=O)OCC(C)C)=C(C)N=C3SCCC(=O)N32)cc1. The van der Waals surface area contributed by atoms with Crippen LogP contribution >= 0.6 is 11.8 Å². The average Bonchev–Trinajstić information content (AvgIpc) is 2.72. The molecule has 1 saturated heterocycles. The summed E-state index contributed by atoms with van der Waals surface area (Å²) < 4.78 is 11.3. The van der Waals surface area contributed by atoms with Crippen molar-refractivity contribution < 1.29 is 19.1 Å². The number of carbonyl (C=O) groups is 2. The number of hydrogen-bond donors (Lipinski definition) is 0. The zero-order valence-electron chi connectivity index (χ0n) is 18.1. The summed E-state index contributed by atoms with van der Waals surface area (Å²) in [6.45, 7) is 8.91. The molecule has 0 saturated carbocycles. The van der Waals surface area contributed by atoms with E-state index in [4.69, 9.17) is 9.47 Å². The lowest BCUT2D eigenvalue weighted by atomic mass is 9.94. The molecule has 0 N–H and O–H groups in total. The van der Waals surface area contributed by atoms with E-state index in [-0.39, 0.29) is 11.8 Å². The largest absolute Gasteiger partial charge is 0.494 e. The normalized spacial score (nSPS) is 19.0. The van der Waals surface area contributed by atoms with Crippen LogP contribution in [0.25, 0.3) is 0 Å². The zero-order chi connectivity index (χ0) is 21.7. The molecule has 1 amide bonds. The number of hydrogen-bond acceptors (Lipinski definition) is 6. The fraction of sp³-hybridized carbons (Fsp3) is 0.522. The maximum Gasteiger partial charge on any atom is 0.338 e. The molecule has 2 aliphatic heterocycles. The number of ether oxygens (including phenoxy) is 2. The summed E-state index contributed by atoms with van der Waals surface area (Å²) in [6.07, 6.45) is 2.49.